The van der Waals surface area contributed by atoms with Crippen molar-refractivity contribution >= 4 is 11.9 Å². The van der Waals surface area contributed by atoms with Crippen LogP contribution in [0, 0.1) is 0 Å². The molecule has 0 radical (unpaired) electrons. The van der Waals surface area contributed by atoms with Crippen LogP contribution >= 0.6 is 0 Å². The minimum Gasteiger partial charge on any atom is -0.493 e. The first kappa shape index (κ1) is 14.2. The Labute approximate surface area is 126 Å². The van der Waals surface area contributed by atoms with Gasteiger partial charge in [0.05, 0.1) is 6.61 Å². The van der Waals surface area contributed by atoms with Gasteiger partial charge in [-0.25, -0.2) is 4.79 Å². The molecular weight excluding hydrogens is 286 g/mol. The third-order valence-electron chi connectivity index (χ3n) is 3.74. The van der Waals surface area contributed by atoms with Crippen LogP contribution in [0.1, 0.15) is 39.5 Å². The van der Waals surface area contributed by atoms with Gasteiger partial charge in [-0.3, -0.25) is 4.79 Å². The van der Waals surface area contributed by atoms with Crippen LogP contribution in [0.2, 0.25) is 0 Å². The third kappa shape index (κ3) is 2.55. The molecule has 1 aliphatic rings. The third-order valence-corrected chi connectivity index (χ3v) is 3.74. The minimum atomic E-state index is -1.20. The number of aromatic carboxylic acids is 1. The number of benzene rings is 1. The normalized spacial score (nSPS) is 17.4. The lowest BCUT2D eigenvalue weighted by Gasteiger charge is -2.19. The van der Waals surface area contributed by atoms with Gasteiger partial charge >= 0.3 is 5.97 Å². The smallest absolute Gasteiger partial charge is 0.371 e. The number of furan rings is 1. The van der Waals surface area contributed by atoms with E-state index < -0.39 is 11.9 Å². The number of nitrogens with one attached hydrogen (secondary N) is 1. The lowest BCUT2D eigenvalue weighted by molar-refractivity contribution is 0.0659. The van der Waals surface area contributed by atoms with Crippen molar-refractivity contribution in [2.75, 3.05) is 6.61 Å². The van der Waals surface area contributed by atoms with Crippen molar-refractivity contribution in [2.45, 2.75) is 18.9 Å². The van der Waals surface area contributed by atoms with E-state index in [4.69, 9.17) is 14.3 Å². The van der Waals surface area contributed by atoms with Crippen molar-refractivity contribution in [3.05, 3.63) is 53.5 Å². The van der Waals surface area contributed by atoms with E-state index in [2.05, 4.69) is 5.32 Å². The highest BCUT2D eigenvalue weighted by atomic mass is 16.5. The van der Waals surface area contributed by atoms with E-state index in [0.29, 0.717) is 6.61 Å². The van der Waals surface area contributed by atoms with Crippen LogP contribution in [-0.4, -0.2) is 29.6 Å². The number of rotatable bonds is 4. The van der Waals surface area contributed by atoms with Crippen LogP contribution in [0.25, 0.3) is 0 Å². The van der Waals surface area contributed by atoms with Gasteiger partial charge in [-0.15, -0.1) is 0 Å². The Kier molecular flexibility index (Phi) is 3.58. The topological polar surface area (TPSA) is 88.8 Å². The van der Waals surface area contributed by atoms with Crippen LogP contribution in [0.5, 0.6) is 5.75 Å². The standard InChI is InChI=1S/C16H15NO5/c1-9(11-8-21-12-5-3-2-4-10(11)12)17-15(18)13-6-7-14(22-13)16(19)20/h2-7,9,11H,8H2,1H3,(H,17,18)(H,19,20)/t9-,11-/m0/s1. The Morgan fingerprint density at radius 1 is 1.23 bits per heavy atom. The molecule has 0 aliphatic carbocycles. The number of carbonyl (C=O) groups is 2. The van der Waals surface area contributed by atoms with E-state index in [0.717, 1.165) is 11.3 Å². The molecule has 0 saturated carbocycles. The summed E-state index contributed by atoms with van der Waals surface area (Å²) < 4.78 is 10.6. The molecule has 2 aromatic rings. The maximum Gasteiger partial charge on any atom is 0.371 e. The maximum atomic E-state index is 12.1. The second-order valence-electron chi connectivity index (χ2n) is 5.19. The number of carboxylic acid groups (broad SMARTS) is 1. The molecule has 2 atom stereocenters. The van der Waals surface area contributed by atoms with Gasteiger partial charge in [0.1, 0.15) is 5.75 Å². The number of carbonyl (C=O) groups excluding carboxylic acids is 1. The zero-order valence-corrected chi connectivity index (χ0v) is 11.9. The molecule has 22 heavy (non-hydrogen) atoms. The van der Waals surface area contributed by atoms with Crippen LogP contribution in [-0.2, 0) is 0 Å². The molecule has 0 spiro atoms. The van der Waals surface area contributed by atoms with E-state index in [1.54, 1.807) is 0 Å². The Hall–Kier alpha value is -2.76. The van der Waals surface area contributed by atoms with Crippen molar-refractivity contribution in [1.29, 1.82) is 0 Å². The Bertz CT molecular complexity index is 721. The molecule has 0 fully saturated rings. The van der Waals surface area contributed by atoms with Crippen LogP contribution in [0.15, 0.2) is 40.8 Å². The van der Waals surface area contributed by atoms with Crippen molar-refractivity contribution in [3.63, 3.8) is 0 Å². The Morgan fingerprint density at radius 2 is 1.95 bits per heavy atom. The number of carboxylic acids is 1. The monoisotopic (exact) mass is 301 g/mol. The molecule has 1 aliphatic heterocycles. The number of amides is 1. The van der Waals surface area contributed by atoms with Gasteiger partial charge in [0.25, 0.3) is 5.91 Å². The van der Waals surface area contributed by atoms with E-state index >= 15 is 0 Å². The van der Waals surface area contributed by atoms with E-state index in [1.165, 1.54) is 12.1 Å². The van der Waals surface area contributed by atoms with E-state index in [9.17, 15) is 9.59 Å². The lowest BCUT2D eigenvalue weighted by atomic mass is 9.94. The predicted octanol–water partition coefficient (Wildman–Crippen LogP) is 2.27. The summed E-state index contributed by atoms with van der Waals surface area (Å²) in [5.41, 5.74) is 1.06. The molecule has 0 bridgehead atoms. The number of hydrogen-bond acceptors (Lipinski definition) is 4. The largest absolute Gasteiger partial charge is 0.493 e. The summed E-state index contributed by atoms with van der Waals surface area (Å²) >= 11 is 0. The van der Waals surface area contributed by atoms with Gasteiger partial charge in [-0.05, 0) is 25.1 Å². The highest BCUT2D eigenvalue weighted by Gasteiger charge is 2.30. The number of fused-ring (bicyclic) bond motifs is 1. The summed E-state index contributed by atoms with van der Waals surface area (Å²) in [5, 5.41) is 11.6. The highest BCUT2D eigenvalue weighted by molar-refractivity contribution is 5.93. The fraction of sp³-hybridized carbons (Fsp3) is 0.250. The SMILES string of the molecule is C[C@H](NC(=O)c1ccc(C(=O)O)o1)[C@@H]1COc2ccccc21. The fourth-order valence-electron chi connectivity index (χ4n) is 2.55. The molecule has 6 nitrogen and oxygen atoms in total. The quantitative estimate of drug-likeness (QED) is 0.904. The number of ether oxygens (including phenoxy) is 1. The van der Waals surface area contributed by atoms with Crippen LogP contribution < -0.4 is 10.1 Å². The van der Waals surface area contributed by atoms with Gasteiger partial charge in [0.15, 0.2) is 5.76 Å². The minimum absolute atomic E-state index is 0.0172. The molecule has 1 aromatic carbocycles. The first-order chi connectivity index (χ1) is 10.6. The molecule has 0 unspecified atom stereocenters. The van der Waals surface area contributed by atoms with Crippen LogP contribution in [0.3, 0.4) is 0 Å². The van der Waals surface area contributed by atoms with Crippen molar-refractivity contribution in [1.82, 2.24) is 5.32 Å². The molecule has 114 valence electrons. The predicted molar refractivity (Wildman–Crippen MR) is 77.3 cm³/mol. The summed E-state index contributed by atoms with van der Waals surface area (Å²) in [7, 11) is 0. The van der Waals surface area contributed by atoms with E-state index in [1.807, 2.05) is 31.2 Å². The first-order valence-electron chi connectivity index (χ1n) is 6.92. The lowest BCUT2D eigenvalue weighted by Crippen LogP contribution is -2.37. The number of para-hydroxylation sites is 1. The summed E-state index contributed by atoms with van der Waals surface area (Å²) in [6, 6.07) is 10.2. The maximum absolute atomic E-state index is 12.1. The average molecular weight is 301 g/mol. The summed E-state index contributed by atoms with van der Waals surface area (Å²) in [5.74, 6) is -1.03. The molecule has 1 aromatic heterocycles. The van der Waals surface area contributed by atoms with E-state index in [-0.39, 0.29) is 23.5 Å². The summed E-state index contributed by atoms with van der Waals surface area (Å²) in [4.78, 5) is 22.9. The Balaban J connectivity index is 1.70. The average Bonchev–Trinajstić information content (AvgIpc) is 3.14. The second kappa shape index (κ2) is 5.55. The summed E-state index contributed by atoms with van der Waals surface area (Å²) in [6.07, 6.45) is 0. The van der Waals surface area contributed by atoms with Crippen molar-refractivity contribution in [2.24, 2.45) is 0 Å². The summed E-state index contributed by atoms with van der Waals surface area (Å²) in [6.45, 7) is 2.38. The molecule has 1 amide bonds. The Morgan fingerprint density at radius 3 is 2.68 bits per heavy atom. The van der Waals surface area contributed by atoms with Crippen molar-refractivity contribution in [3.8, 4) is 5.75 Å². The molecule has 0 saturated heterocycles. The second-order valence-corrected chi connectivity index (χ2v) is 5.19. The van der Waals surface area contributed by atoms with Crippen LogP contribution in [0.4, 0.5) is 0 Å². The first-order valence-corrected chi connectivity index (χ1v) is 6.92. The highest BCUT2D eigenvalue weighted by Crippen LogP contribution is 2.35. The fourth-order valence-corrected chi connectivity index (χ4v) is 2.55. The van der Waals surface area contributed by atoms with Gasteiger partial charge in [-0.1, -0.05) is 18.2 Å². The molecular formula is C16H15NO5. The molecule has 2 heterocycles. The zero-order valence-electron chi connectivity index (χ0n) is 11.9. The van der Waals surface area contributed by atoms with Gasteiger partial charge in [-0.2, -0.15) is 0 Å². The van der Waals surface area contributed by atoms with Gasteiger partial charge in [0.2, 0.25) is 5.76 Å². The number of hydrogen-bond donors (Lipinski definition) is 2. The van der Waals surface area contributed by atoms with Gasteiger partial charge < -0.3 is 19.6 Å². The molecule has 6 heteroatoms. The van der Waals surface area contributed by atoms with Crippen molar-refractivity contribution < 1.29 is 23.8 Å². The molecule has 3 rings (SSSR count). The zero-order chi connectivity index (χ0) is 15.7. The molecule has 2 N–H and O–H groups in total. The van der Waals surface area contributed by atoms with Gasteiger partial charge in [0, 0.05) is 17.5 Å².